The topological polar surface area (TPSA) is 35.5 Å². The van der Waals surface area contributed by atoms with Crippen LogP contribution in [0.5, 0.6) is 5.75 Å². The van der Waals surface area contributed by atoms with E-state index in [0.29, 0.717) is 11.5 Å². The van der Waals surface area contributed by atoms with Crippen LogP contribution >= 0.6 is 0 Å². The fraction of sp³-hybridized carbons (Fsp3) is 0.0833. The average Bonchev–Trinajstić information content (AvgIpc) is 2.19. The molecule has 0 saturated heterocycles. The maximum Gasteiger partial charge on any atom is 0.519 e. The van der Waals surface area contributed by atoms with E-state index in [-0.39, 0.29) is 0 Å². The minimum atomic E-state index is -0.753. The Hall–Kier alpha value is -2.03. The number of allylic oxidation sites excluding steroid dienone is 3. The Kier molecular flexibility index (Phi) is 4.16. The summed E-state index contributed by atoms with van der Waals surface area (Å²) in [4.78, 5) is 11.2. The molecule has 0 heterocycles. The van der Waals surface area contributed by atoms with E-state index in [1.54, 1.807) is 37.3 Å². The summed E-state index contributed by atoms with van der Waals surface area (Å²) in [5, 5.41) is 0. The van der Waals surface area contributed by atoms with Crippen molar-refractivity contribution in [1.82, 2.24) is 0 Å². The fourth-order valence-electron chi connectivity index (χ4n) is 0.937. The van der Waals surface area contributed by atoms with Gasteiger partial charge in [0.25, 0.3) is 0 Å². The Morgan fingerprint density at radius 2 is 2.00 bits per heavy atom. The van der Waals surface area contributed by atoms with Gasteiger partial charge in [-0.3, -0.25) is 0 Å². The van der Waals surface area contributed by atoms with Crippen LogP contribution in [-0.4, -0.2) is 6.16 Å². The molecule has 0 amide bonds. The van der Waals surface area contributed by atoms with E-state index in [9.17, 15) is 4.79 Å². The lowest BCUT2D eigenvalue weighted by Crippen LogP contribution is -2.09. The fourth-order valence-corrected chi connectivity index (χ4v) is 0.937. The lowest BCUT2D eigenvalue weighted by molar-refractivity contribution is 0.127. The van der Waals surface area contributed by atoms with Crippen LogP contribution < -0.4 is 4.74 Å². The van der Waals surface area contributed by atoms with Crippen molar-refractivity contribution in [2.75, 3.05) is 0 Å². The van der Waals surface area contributed by atoms with Crippen LogP contribution in [-0.2, 0) is 4.74 Å². The van der Waals surface area contributed by atoms with Crippen molar-refractivity contribution in [2.45, 2.75) is 6.92 Å². The number of benzene rings is 1. The molecule has 0 fully saturated rings. The molecule has 0 unspecified atom stereocenters. The molecule has 0 radical (unpaired) electrons. The maximum atomic E-state index is 11.2. The molecule has 0 aromatic heterocycles. The molecular formula is C12H12O3. The largest absolute Gasteiger partial charge is 0.519 e. The van der Waals surface area contributed by atoms with E-state index in [2.05, 4.69) is 6.58 Å². The lowest BCUT2D eigenvalue weighted by Gasteiger charge is -2.04. The molecule has 0 atom stereocenters. The highest BCUT2D eigenvalue weighted by Crippen LogP contribution is 2.10. The summed E-state index contributed by atoms with van der Waals surface area (Å²) in [6, 6.07) is 8.73. The Balaban J connectivity index is 2.50. The Morgan fingerprint density at radius 3 is 2.60 bits per heavy atom. The first kappa shape index (κ1) is 11.0. The van der Waals surface area contributed by atoms with Crippen LogP contribution in [0.4, 0.5) is 4.79 Å². The van der Waals surface area contributed by atoms with Gasteiger partial charge in [0, 0.05) is 0 Å². The maximum absolute atomic E-state index is 11.2. The molecule has 0 aliphatic heterocycles. The molecule has 0 aliphatic carbocycles. The van der Waals surface area contributed by atoms with Crippen LogP contribution in [0.2, 0.25) is 0 Å². The monoisotopic (exact) mass is 204 g/mol. The molecule has 3 nitrogen and oxygen atoms in total. The predicted molar refractivity (Wildman–Crippen MR) is 57.5 cm³/mol. The molecule has 0 N–H and O–H groups in total. The second-order valence-corrected chi connectivity index (χ2v) is 2.78. The number of ether oxygens (including phenoxy) is 2. The number of para-hydroxylation sites is 1. The van der Waals surface area contributed by atoms with Gasteiger partial charge in [-0.05, 0) is 25.1 Å². The summed E-state index contributed by atoms with van der Waals surface area (Å²) >= 11 is 0. The molecule has 1 aromatic carbocycles. The van der Waals surface area contributed by atoms with E-state index < -0.39 is 6.16 Å². The van der Waals surface area contributed by atoms with Crippen molar-refractivity contribution in [3.8, 4) is 5.75 Å². The van der Waals surface area contributed by atoms with Gasteiger partial charge in [0.1, 0.15) is 11.5 Å². The summed E-state index contributed by atoms with van der Waals surface area (Å²) in [6.45, 7) is 5.13. The summed E-state index contributed by atoms with van der Waals surface area (Å²) in [7, 11) is 0. The Bertz CT molecular complexity index is 366. The molecule has 0 saturated carbocycles. The normalized spacial score (nSPS) is 10.6. The predicted octanol–water partition coefficient (Wildman–Crippen LogP) is 3.29. The van der Waals surface area contributed by atoms with E-state index in [1.807, 2.05) is 6.07 Å². The van der Waals surface area contributed by atoms with Gasteiger partial charge in [-0.25, -0.2) is 4.79 Å². The number of carbonyl (C=O) groups excluding carboxylic acids is 1. The zero-order valence-electron chi connectivity index (χ0n) is 8.47. The van der Waals surface area contributed by atoms with E-state index in [0.717, 1.165) is 0 Å². The van der Waals surface area contributed by atoms with Crippen LogP contribution in [0.3, 0.4) is 0 Å². The van der Waals surface area contributed by atoms with Gasteiger partial charge < -0.3 is 9.47 Å². The highest BCUT2D eigenvalue weighted by Gasteiger charge is 2.05. The van der Waals surface area contributed by atoms with Crippen LogP contribution in [0, 0.1) is 0 Å². The van der Waals surface area contributed by atoms with Gasteiger partial charge in [0.15, 0.2) is 0 Å². The number of hydrogen-bond donors (Lipinski definition) is 0. The van der Waals surface area contributed by atoms with Crippen molar-refractivity contribution >= 4 is 6.16 Å². The van der Waals surface area contributed by atoms with Crippen molar-refractivity contribution in [2.24, 2.45) is 0 Å². The summed E-state index contributed by atoms with van der Waals surface area (Å²) in [5.74, 6) is 0.889. The van der Waals surface area contributed by atoms with Crippen LogP contribution in [0.15, 0.2) is 54.8 Å². The van der Waals surface area contributed by atoms with Gasteiger partial charge in [-0.1, -0.05) is 30.9 Å². The highest BCUT2D eigenvalue weighted by atomic mass is 16.7. The molecular weight excluding hydrogens is 192 g/mol. The third-order valence-electron chi connectivity index (χ3n) is 1.54. The molecule has 3 heteroatoms. The Labute approximate surface area is 88.6 Å². The van der Waals surface area contributed by atoms with Crippen molar-refractivity contribution < 1.29 is 14.3 Å². The first-order valence-corrected chi connectivity index (χ1v) is 4.46. The second kappa shape index (κ2) is 5.65. The van der Waals surface area contributed by atoms with Gasteiger partial charge >= 0.3 is 6.16 Å². The number of hydrogen-bond acceptors (Lipinski definition) is 3. The van der Waals surface area contributed by atoms with Crippen molar-refractivity contribution in [3.63, 3.8) is 0 Å². The smallest absolute Gasteiger partial charge is 0.400 e. The third kappa shape index (κ3) is 4.13. The standard InChI is InChI=1S/C12H12O3/c1-3-7-10(2)14-12(13)15-11-8-5-4-6-9-11/h3-9H,1H2,2H3/b10-7+. The summed E-state index contributed by atoms with van der Waals surface area (Å²) in [6.07, 6.45) is 2.36. The average molecular weight is 204 g/mol. The minimum absolute atomic E-state index is 0.436. The first-order valence-electron chi connectivity index (χ1n) is 4.46. The molecule has 78 valence electrons. The quantitative estimate of drug-likeness (QED) is 0.328. The van der Waals surface area contributed by atoms with Crippen molar-refractivity contribution in [1.29, 1.82) is 0 Å². The third-order valence-corrected chi connectivity index (χ3v) is 1.54. The number of carbonyl (C=O) groups is 1. The Morgan fingerprint density at radius 1 is 1.33 bits per heavy atom. The molecule has 0 aliphatic rings. The SMILES string of the molecule is C=C/C=C(\C)OC(=O)Oc1ccccc1. The van der Waals surface area contributed by atoms with Crippen LogP contribution in [0.25, 0.3) is 0 Å². The molecule has 15 heavy (non-hydrogen) atoms. The van der Waals surface area contributed by atoms with Gasteiger partial charge in [0.05, 0.1) is 0 Å². The van der Waals surface area contributed by atoms with E-state index in [4.69, 9.17) is 9.47 Å². The van der Waals surface area contributed by atoms with E-state index in [1.165, 1.54) is 6.08 Å². The van der Waals surface area contributed by atoms with Crippen molar-refractivity contribution in [3.05, 3.63) is 54.8 Å². The molecule has 1 aromatic rings. The van der Waals surface area contributed by atoms with Crippen LogP contribution in [0.1, 0.15) is 6.92 Å². The van der Waals surface area contributed by atoms with Gasteiger partial charge in [-0.2, -0.15) is 0 Å². The molecule has 0 spiro atoms. The lowest BCUT2D eigenvalue weighted by atomic mass is 10.3. The second-order valence-electron chi connectivity index (χ2n) is 2.78. The molecule has 0 bridgehead atoms. The van der Waals surface area contributed by atoms with Gasteiger partial charge in [0.2, 0.25) is 0 Å². The highest BCUT2D eigenvalue weighted by molar-refractivity contribution is 5.64. The number of rotatable bonds is 3. The van der Waals surface area contributed by atoms with Gasteiger partial charge in [-0.15, -0.1) is 0 Å². The van der Waals surface area contributed by atoms with E-state index >= 15 is 0 Å². The minimum Gasteiger partial charge on any atom is -0.400 e. The summed E-state index contributed by atoms with van der Waals surface area (Å²) < 4.78 is 9.72. The summed E-state index contributed by atoms with van der Waals surface area (Å²) in [5.41, 5.74) is 0. The zero-order valence-corrected chi connectivity index (χ0v) is 8.47. The zero-order chi connectivity index (χ0) is 11.1. The first-order chi connectivity index (χ1) is 7.22. The molecule has 1 rings (SSSR count).